The molecule has 8 heteroatoms. The molecule has 3 aromatic rings. The number of carboxylic acids is 1. The quantitative estimate of drug-likeness (QED) is 0.343. The smallest absolute Gasteiger partial charge is 0.416 e. The SMILES string of the molecule is O=C(NC(Cc1ccccc1)C(=O)O)c1ccc(-c2ccc(OCC3=CC(C(F)(F)F)=CCC3)cc2)cc1. The predicted molar refractivity (Wildman–Crippen MR) is 138 cm³/mol. The van der Waals surface area contributed by atoms with Crippen LogP contribution in [0.25, 0.3) is 11.1 Å². The maximum absolute atomic E-state index is 12.9. The zero-order chi connectivity index (χ0) is 27.1. The number of aliphatic carboxylic acids is 1. The van der Waals surface area contributed by atoms with Gasteiger partial charge in [0.2, 0.25) is 0 Å². The van der Waals surface area contributed by atoms with Crippen LogP contribution in [0.5, 0.6) is 5.75 Å². The van der Waals surface area contributed by atoms with E-state index in [2.05, 4.69) is 5.32 Å². The summed E-state index contributed by atoms with van der Waals surface area (Å²) in [4.78, 5) is 24.3. The first-order valence-electron chi connectivity index (χ1n) is 12.1. The molecule has 0 spiro atoms. The van der Waals surface area contributed by atoms with Crippen LogP contribution in [0.2, 0.25) is 0 Å². The molecular weight excluding hydrogens is 495 g/mol. The van der Waals surface area contributed by atoms with Gasteiger partial charge in [0.15, 0.2) is 0 Å². The molecule has 0 radical (unpaired) electrons. The van der Waals surface area contributed by atoms with Crippen LogP contribution in [-0.4, -0.2) is 35.8 Å². The lowest BCUT2D eigenvalue weighted by molar-refractivity contribution is -0.139. The number of hydrogen-bond acceptors (Lipinski definition) is 3. The lowest BCUT2D eigenvalue weighted by Crippen LogP contribution is -2.42. The number of allylic oxidation sites excluding steroid dienone is 3. The number of nitrogens with one attached hydrogen (secondary N) is 1. The van der Waals surface area contributed by atoms with Gasteiger partial charge in [-0.15, -0.1) is 0 Å². The summed E-state index contributed by atoms with van der Waals surface area (Å²) in [5.41, 5.74) is 2.79. The standard InChI is InChI=1S/C30H26F3NO4/c31-30(32,33)25-8-4-7-21(17-25)19-38-26-15-13-23(14-16-26)22-9-11-24(12-10-22)28(35)34-27(29(36)37)18-20-5-2-1-3-6-20/h1-3,5-6,8-17,27H,4,7,18-19H2,(H,34,35)(H,36,37). The van der Waals surface area contributed by atoms with Gasteiger partial charge < -0.3 is 15.2 Å². The molecule has 1 aliphatic carbocycles. The first-order chi connectivity index (χ1) is 18.2. The van der Waals surface area contributed by atoms with Gasteiger partial charge in [-0.05, 0) is 65.4 Å². The lowest BCUT2D eigenvalue weighted by atomic mass is 9.99. The number of ether oxygens (including phenoxy) is 1. The van der Waals surface area contributed by atoms with Crippen molar-refractivity contribution in [1.29, 1.82) is 0 Å². The molecule has 0 aromatic heterocycles. The van der Waals surface area contributed by atoms with Crippen LogP contribution in [0.4, 0.5) is 13.2 Å². The van der Waals surface area contributed by atoms with Crippen molar-refractivity contribution in [3.63, 3.8) is 0 Å². The molecule has 1 unspecified atom stereocenters. The van der Waals surface area contributed by atoms with Gasteiger partial charge in [-0.2, -0.15) is 13.2 Å². The van der Waals surface area contributed by atoms with Crippen molar-refractivity contribution in [3.8, 4) is 16.9 Å². The van der Waals surface area contributed by atoms with E-state index < -0.39 is 29.7 Å². The van der Waals surface area contributed by atoms with Crippen LogP contribution in [0.3, 0.4) is 0 Å². The molecule has 3 aromatic carbocycles. The van der Waals surface area contributed by atoms with E-state index in [1.54, 1.807) is 36.4 Å². The number of alkyl halides is 3. The van der Waals surface area contributed by atoms with Crippen molar-refractivity contribution < 1.29 is 32.6 Å². The normalized spacial score (nSPS) is 14.2. The van der Waals surface area contributed by atoms with Gasteiger partial charge in [-0.3, -0.25) is 4.79 Å². The van der Waals surface area contributed by atoms with Crippen molar-refractivity contribution in [2.45, 2.75) is 31.5 Å². The van der Waals surface area contributed by atoms with Crippen molar-refractivity contribution in [2.75, 3.05) is 6.61 Å². The second kappa shape index (κ2) is 11.8. The topological polar surface area (TPSA) is 75.6 Å². The molecule has 38 heavy (non-hydrogen) atoms. The molecule has 0 saturated carbocycles. The zero-order valence-electron chi connectivity index (χ0n) is 20.4. The monoisotopic (exact) mass is 521 g/mol. The minimum absolute atomic E-state index is 0.0815. The second-order valence-electron chi connectivity index (χ2n) is 8.94. The Bertz CT molecular complexity index is 1330. The molecule has 1 aliphatic rings. The number of carbonyl (C=O) groups excluding carboxylic acids is 1. The fourth-order valence-electron chi connectivity index (χ4n) is 4.10. The summed E-state index contributed by atoms with van der Waals surface area (Å²) in [6.45, 7) is 0.0815. The number of amides is 1. The van der Waals surface area contributed by atoms with Crippen molar-refractivity contribution in [3.05, 3.63) is 113 Å². The summed E-state index contributed by atoms with van der Waals surface area (Å²) in [6.07, 6.45) is -0.980. The van der Waals surface area contributed by atoms with Crippen LogP contribution in [0.1, 0.15) is 28.8 Å². The molecule has 4 rings (SSSR count). The minimum atomic E-state index is -4.36. The Hall–Kier alpha value is -4.33. The van der Waals surface area contributed by atoms with Crippen LogP contribution < -0.4 is 10.1 Å². The molecule has 1 atom stereocenters. The van der Waals surface area contributed by atoms with E-state index in [4.69, 9.17) is 4.74 Å². The van der Waals surface area contributed by atoms with Crippen LogP contribution in [-0.2, 0) is 11.2 Å². The van der Waals surface area contributed by atoms with E-state index in [0.29, 0.717) is 29.7 Å². The van der Waals surface area contributed by atoms with Crippen LogP contribution >= 0.6 is 0 Å². The van der Waals surface area contributed by atoms with Crippen molar-refractivity contribution >= 4 is 11.9 Å². The first-order valence-corrected chi connectivity index (χ1v) is 12.1. The summed E-state index contributed by atoms with van der Waals surface area (Å²) in [5.74, 6) is -1.06. The third-order valence-corrected chi connectivity index (χ3v) is 6.16. The summed E-state index contributed by atoms with van der Waals surface area (Å²) in [6, 6.07) is 21.9. The molecule has 2 N–H and O–H groups in total. The predicted octanol–water partition coefficient (Wildman–Crippen LogP) is 6.37. The average molecular weight is 522 g/mol. The van der Waals surface area contributed by atoms with E-state index in [1.165, 1.54) is 6.08 Å². The molecule has 0 fully saturated rings. The summed E-state index contributed by atoms with van der Waals surface area (Å²) < 4.78 is 44.4. The number of halogens is 3. The summed E-state index contributed by atoms with van der Waals surface area (Å²) in [7, 11) is 0. The lowest BCUT2D eigenvalue weighted by Gasteiger charge is -2.16. The van der Waals surface area contributed by atoms with Gasteiger partial charge in [-0.25, -0.2) is 4.79 Å². The zero-order valence-corrected chi connectivity index (χ0v) is 20.4. The highest BCUT2D eigenvalue weighted by Gasteiger charge is 2.33. The van der Waals surface area contributed by atoms with Gasteiger partial charge in [0, 0.05) is 12.0 Å². The Kier molecular flexibility index (Phi) is 8.31. The Balaban J connectivity index is 1.35. The number of carbonyl (C=O) groups is 2. The van der Waals surface area contributed by atoms with Gasteiger partial charge in [0.05, 0.1) is 5.57 Å². The Morgan fingerprint density at radius 2 is 1.55 bits per heavy atom. The molecule has 0 heterocycles. The molecule has 196 valence electrons. The highest BCUT2D eigenvalue weighted by molar-refractivity contribution is 5.97. The van der Waals surface area contributed by atoms with E-state index in [-0.39, 0.29) is 13.0 Å². The minimum Gasteiger partial charge on any atom is -0.489 e. The Labute approximate surface area is 218 Å². The maximum atomic E-state index is 12.9. The average Bonchev–Trinajstić information content (AvgIpc) is 2.92. The highest BCUT2D eigenvalue weighted by atomic mass is 19.4. The first kappa shape index (κ1) is 26.7. The number of carboxylic acid groups (broad SMARTS) is 1. The van der Waals surface area contributed by atoms with E-state index in [1.807, 2.05) is 42.5 Å². The number of hydrogen-bond donors (Lipinski definition) is 2. The number of benzene rings is 3. The molecule has 1 amide bonds. The van der Waals surface area contributed by atoms with Gasteiger partial charge in [-0.1, -0.05) is 60.7 Å². The van der Waals surface area contributed by atoms with Gasteiger partial charge >= 0.3 is 12.1 Å². The molecular formula is C30H26F3NO4. The molecule has 0 aliphatic heterocycles. The second-order valence-corrected chi connectivity index (χ2v) is 8.94. The fourth-order valence-corrected chi connectivity index (χ4v) is 4.10. The Morgan fingerprint density at radius 3 is 2.16 bits per heavy atom. The Morgan fingerprint density at radius 1 is 0.921 bits per heavy atom. The molecule has 0 saturated heterocycles. The van der Waals surface area contributed by atoms with Gasteiger partial charge in [0.1, 0.15) is 18.4 Å². The third-order valence-electron chi connectivity index (χ3n) is 6.16. The van der Waals surface area contributed by atoms with E-state index >= 15 is 0 Å². The number of rotatable bonds is 9. The molecule has 5 nitrogen and oxygen atoms in total. The fraction of sp³-hybridized carbons (Fsp3) is 0.200. The maximum Gasteiger partial charge on any atom is 0.416 e. The largest absolute Gasteiger partial charge is 0.489 e. The summed E-state index contributed by atoms with van der Waals surface area (Å²) in [5, 5.41) is 12.1. The van der Waals surface area contributed by atoms with Crippen LogP contribution in [0, 0.1) is 0 Å². The van der Waals surface area contributed by atoms with E-state index in [9.17, 15) is 27.9 Å². The van der Waals surface area contributed by atoms with Crippen molar-refractivity contribution in [2.24, 2.45) is 0 Å². The summed E-state index contributed by atoms with van der Waals surface area (Å²) >= 11 is 0. The molecule has 0 bridgehead atoms. The highest BCUT2D eigenvalue weighted by Crippen LogP contribution is 2.32. The van der Waals surface area contributed by atoms with Crippen molar-refractivity contribution in [1.82, 2.24) is 5.32 Å². The van der Waals surface area contributed by atoms with Gasteiger partial charge in [0.25, 0.3) is 5.91 Å². The third kappa shape index (κ3) is 7.12. The van der Waals surface area contributed by atoms with Crippen LogP contribution in [0.15, 0.2) is 102 Å². The van der Waals surface area contributed by atoms with E-state index in [0.717, 1.165) is 22.8 Å².